The van der Waals surface area contributed by atoms with Crippen LogP contribution < -0.4 is 10.5 Å². The molecule has 1 heterocycles. The van der Waals surface area contributed by atoms with Crippen LogP contribution in [0.3, 0.4) is 0 Å². The van der Waals surface area contributed by atoms with Crippen molar-refractivity contribution in [3.05, 3.63) is 29.3 Å². The second-order valence-electron chi connectivity index (χ2n) is 5.80. The Hall–Kier alpha value is -1.31. The van der Waals surface area contributed by atoms with Crippen molar-refractivity contribution in [3.63, 3.8) is 0 Å². The maximum absolute atomic E-state index is 12.2. The van der Waals surface area contributed by atoms with Gasteiger partial charge in [-0.05, 0) is 24.6 Å². The van der Waals surface area contributed by atoms with E-state index in [9.17, 15) is 13.2 Å². The molecule has 6 nitrogen and oxygen atoms in total. The molecular weight excluding hydrogens is 340 g/mol. The molecule has 2 rings (SSSR count). The summed E-state index contributed by atoms with van der Waals surface area (Å²) in [5.74, 6) is 0.347. The van der Waals surface area contributed by atoms with E-state index in [2.05, 4.69) is 0 Å². The molecule has 0 unspecified atom stereocenters. The van der Waals surface area contributed by atoms with Crippen LogP contribution >= 0.6 is 11.6 Å². The van der Waals surface area contributed by atoms with Crippen LogP contribution in [0.15, 0.2) is 24.3 Å². The number of halogens is 1. The van der Waals surface area contributed by atoms with Gasteiger partial charge in [-0.1, -0.05) is 17.7 Å². The standard InChI is InChI=1S/C15H21ClN2O4S/c1-23(20,21)8-6-14(17)15(19)18-7-5-13(10-18)22-12-4-2-3-11(16)9-12/h2-4,9,13-14H,5-8,10,17H2,1H3/t13-,14+/m0/s1. The largest absolute Gasteiger partial charge is 0.488 e. The average Bonchev–Trinajstić information content (AvgIpc) is 2.91. The molecule has 8 heteroatoms. The average molecular weight is 361 g/mol. The third kappa shape index (κ3) is 5.67. The number of rotatable bonds is 6. The molecular formula is C15H21ClN2O4S. The van der Waals surface area contributed by atoms with Gasteiger partial charge < -0.3 is 15.4 Å². The predicted octanol–water partition coefficient (Wildman–Crippen LogP) is 1.08. The molecule has 128 valence electrons. The highest BCUT2D eigenvalue weighted by Gasteiger charge is 2.30. The van der Waals surface area contributed by atoms with Crippen LogP contribution in [0.5, 0.6) is 5.75 Å². The summed E-state index contributed by atoms with van der Waals surface area (Å²) < 4.78 is 28.1. The van der Waals surface area contributed by atoms with Crippen LogP contribution in [0.1, 0.15) is 12.8 Å². The first-order chi connectivity index (χ1) is 10.7. The molecule has 0 saturated carbocycles. The van der Waals surface area contributed by atoms with E-state index in [4.69, 9.17) is 22.1 Å². The molecule has 0 spiro atoms. The minimum absolute atomic E-state index is 0.0871. The van der Waals surface area contributed by atoms with Crippen molar-refractivity contribution in [3.8, 4) is 5.75 Å². The van der Waals surface area contributed by atoms with Gasteiger partial charge in [-0.3, -0.25) is 4.79 Å². The molecule has 0 aliphatic carbocycles. The summed E-state index contributed by atoms with van der Waals surface area (Å²) in [6.07, 6.45) is 1.86. The number of likely N-dealkylation sites (tertiary alicyclic amines) is 1. The second-order valence-corrected chi connectivity index (χ2v) is 8.49. The Morgan fingerprint density at radius 2 is 2.26 bits per heavy atom. The van der Waals surface area contributed by atoms with Gasteiger partial charge >= 0.3 is 0 Å². The number of ether oxygens (including phenoxy) is 1. The van der Waals surface area contributed by atoms with Crippen LogP contribution in [0.25, 0.3) is 0 Å². The third-order valence-electron chi connectivity index (χ3n) is 3.67. The summed E-state index contributed by atoms with van der Waals surface area (Å²) in [7, 11) is -3.12. The van der Waals surface area contributed by atoms with Gasteiger partial charge in [-0.2, -0.15) is 0 Å². The maximum atomic E-state index is 12.2. The Morgan fingerprint density at radius 1 is 1.52 bits per heavy atom. The first-order valence-corrected chi connectivity index (χ1v) is 9.83. The van der Waals surface area contributed by atoms with Crippen molar-refractivity contribution in [1.82, 2.24) is 4.90 Å². The summed E-state index contributed by atoms with van der Waals surface area (Å²) in [6, 6.07) is 6.31. The van der Waals surface area contributed by atoms with Gasteiger partial charge in [0.25, 0.3) is 0 Å². The monoisotopic (exact) mass is 360 g/mol. The van der Waals surface area contributed by atoms with Crippen LogP contribution in [-0.2, 0) is 14.6 Å². The molecule has 1 saturated heterocycles. The first-order valence-electron chi connectivity index (χ1n) is 7.39. The molecule has 2 N–H and O–H groups in total. The van der Waals surface area contributed by atoms with Gasteiger partial charge in [0.05, 0.1) is 18.3 Å². The van der Waals surface area contributed by atoms with Gasteiger partial charge in [0, 0.05) is 24.2 Å². The first kappa shape index (κ1) is 18.0. The van der Waals surface area contributed by atoms with Gasteiger partial charge in [-0.25, -0.2) is 8.42 Å². The zero-order valence-electron chi connectivity index (χ0n) is 12.9. The number of hydrogen-bond donors (Lipinski definition) is 1. The number of carbonyl (C=O) groups is 1. The predicted molar refractivity (Wildman–Crippen MR) is 89.4 cm³/mol. The topological polar surface area (TPSA) is 89.7 Å². The van der Waals surface area contributed by atoms with Crippen molar-refractivity contribution >= 4 is 27.3 Å². The van der Waals surface area contributed by atoms with Crippen LogP contribution in [-0.4, -0.2) is 56.5 Å². The lowest BCUT2D eigenvalue weighted by molar-refractivity contribution is -0.131. The molecule has 1 fully saturated rings. The molecule has 1 aliphatic rings. The summed E-state index contributed by atoms with van der Waals surface area (Å²) in [5.41, 5.74) is 5.81. The zero-order valence-corrected chi connectivity index (χ0v) is 14.5. The lowest BCUT2D eigenvalue weighted by atomic mass is 10.2. The Morgan fingerprint density at radius 3 is 2.91 bits per heavy atom. The van der Waals surface area contributed by atoms with E-state index in [1.54, 1.807) is 23.1 Å². The van der Waals surface area contributed by atoms with Crippen LogP contribution in [0.2, 0.25) is 5.02 Å². The molecule has 0 radical (unpaired) electrons. The molecule has 0 bridgehead atoms. The smallest absolute Gasteiger partial charge is 0.239 e. The minimum Gasteiger partial charge on any atom is -0.488 e. The van der Waals surface area contributed by atoms with E-state index >= 15 is 0 Å². The van der Waals surface area contributed by atoms with E-state index in [0.29, 0.717) is 30.3 Å². The number of nitrogens with two attached hydrogens (primary N) is 1. The van der Waals surface area contributed by atoms with Crippen molar-refractivity contribution in [1.29, 1.82) is 0 Å². The van der Waals surface area contributed by atoms with Gasteiger partial charge in [0.15, 0.2) is 0 Å². The highest BCUT2D eigenvalue weighted by atomic mass is 35.5. The van der Waals surface area contributed by atoms with Crippen molar-refractivity contribution < 1.29 is 17.9 Å². The van der Waals surface area contributed by atoms with Gasteiger partial charge in [0.2, 0.25) is 5.91 Å². The number of nitrogens with zero attached hydrogens (tertiary/aromatic N) is 1. The summed E-state index contributed by atoms with van der Waals surface area (Å²) in [5, 5.41) is 0.594. The SMILES string of the molecule is CS(=O)(=O)CC[C@@H](N)C(=O)N1CC[C@H](Oc2cccc(Cl)c2)C1. The Bertz CT molecular complexity index is 665. The van der Waals surface area contributed by atoms with Crippen molar-refractivity contribution in [2.45, 2.75) is 25.0 Å². The number of amides is 1. The number of sulfone groups is 1. The van der Waals surface area contributed by atoms with Gasteiger partial charge in [0.1, 0.15) is 21.7 Å². The molecule has 0 aromatic heterocycles. The fourth-order valence-electron chi connectivity index (χ4n) is 2.46. The quantitative estimate of drug-likeness (QED) is 0.819. The van der Waals surface area contributed by atoms with Crippen LogP contribution in [0.4, 0.5) is 0 Å². The molecule has 1 amide bonds. The second kappa shape index (κ2) is 7.51. The molecule has 1 aromatic carbocycles. The molecule has 2 atom stereocenters. The van der Waals surface area contributed by atoms with E-state index < -0.39 is 15.9 Å². The lowest BCUT2D eigenvalue weighted by Gasteiger charge is -2.21. The Labute approximate surface area is 141 Å². The fourth-order valence-corrected chi connectivity index (χ4v) is 3.32. The highest BCUT2D eigenvalue weighted by Crippen LogP contribution is 2.22. The van der Waals surface area contributed by atoms with Crippen molar-refractivity contribution in [2.75, 3.05) is 25.1 Å². The Kier molecular flexibility index (Phi) is 5.89. The lowest BCUT2D eigenvalue weighted by Crippen LogP contribution is -2.44. The highest BCUT2D eigenvalue weighted by molar-refractivity contribution is 7.90. The Balaban J connectivity index is 1.85. The number of hydrogen-bond acceptors (Lipinski definition) is 5. The maximum Gasteiger partial charge on any atom is 0.239 e. The summed E-state index contributed by atoms with van der Waals surface area (Å²) in [6.45, 7) is 0.995. The third-order valence-corrected chi connectivity index (χ3v) is 4.88. The summed E-state index contributed by atoms with van der Waals surface area (Å²) in [4.78, 5) is 13.9. The van der Waals surface area contributed by atoms with E-state index in [1.807, 2.05) is 6.07 Å². The molecule has 23 heavy (non-hydrogen) atoms. The number of carbonyl (C=O) groups excluding carboxylic acids is 1. The fraction of sp³-hybridized carbons (Fsp3) is 0.533. The van der Waals surface area contributed by atoms with E-state index in [-0.39, 0.29) is 24.2 Å². The molecule has 1 aromatic rings. The van der Waals surface area contributed by atoms with Crippen molar-refractivity contribution in [2.24, 2.45) is 5.73 Å². The summed E-state index contributed by atoms with van der Waals surface area (Å²) >= 11 is 5.91. The van der Waals surface area contributed by atoms with E-state index in [1.165, 1.54) is 0 Å². The zero-order chi connectivity index (χ0) is 17.0. The normalized spacial score (nSPS) is 19.6. The van der Waals surface area contributed by atoms with Crippen LogP contribution in [0, 0.1) is 0 Å². The van der Waals surface area contributed by atoms with Gasteiger partial charge in [-0.15, -0.1) is 0 Å². The number of benzene rings is 1. The molecule has 1 aliphatic heterocycles. The minimum atomic E-state index is -3.12. The van der Waals surface area contributed by atoms with E-state index in [0.717, 1.165) is 6.26 Å².